The lowest BCUT2D eigenvalue weighted by Gasteiger charge is -2.06. The molecule has 0 aliphatic heterocycles. The molecule has 0 atom stereocenters. The van der Waals surface area contributed by atoms with Gasteiger partial charge in [-0.15, -0.1) is 0 Å². The predicted octanol–water partition coefficient (Wildman–Crippen LogP) is 1.88. The number of nitrogens with zero attached hydrogens (tertiary/aromatic N) is 1. The van der Waals surface area contributed by atoms with Crippen LogP contribution in [0.2, 0.25) is 0 Å². The molecule has 12 heavy (non-hydrogen) atoms. The molecule has 1 aromatic heterocycles. The van der Waals surface area contributed by atoms with E-state index in [1.54, 1.807) is 10.6 Å². The summed E-state index contributed by atoms with van der Waals surface area (Å²) in [6.07, 6.45) is 2.93. The molecule has 1 aromatic rings. The average Bonchev–Trinajstić information content (AvgIpc) is 2.01. The van der Waals surface area contributed by atoms with Gasteiger partial charge in [-0.05, 0) is 31.4 Å². The minimum atomic E-state index is 0.111. The van der Waals surface area contributed by atoms with Crippen molar-refractivity contribution in [1.82, 2.24) is 4.57 Å². The fraction of sp³-hybridized carbons (Fsp3) is 0.500. The Balaban J connectivity index is 3.14. The Bertz CT molecular complexity index is 325. The maximum atomic E-state index is 11.3. The van der Waals surface area contributed by atoms with E-state index < -0.39 is 0 Å². The van der Waals surface area contributed by atoms with Gasteiger partial charge < -0.3 is 4.57 Å². The number of aryl methyl sites for hydroxylation is 3. The highest BCUT2D eigenvalue weighted by atomic mass is 16.1. The zero-order valence-corrected chi connectivity index (χ0v) is 7.92. The maximum Gasteiger partial charge on any atom is 0.250 e. The SMILES string of the molecule is CCCn1cc(C)c(C)cc1=O. The lowest BCUT2D eigenvalue weighted by Crippen LogP contribution is -2.19. The summed E-state index contributed by atoms with van der Waals surface area (Å²) < 4.78 is 1.77. The quantitative estimate of drug-likeness (QED) is 0.655. The van der Waals surface area contributed by atoms with Crippen molar-refractivity contribution >= 4 is 0 Å². The van der Waals surface area contributed by atoms with Crippen molar-refractivity contribution in [2.75, 3.05) is 0 Å². The van der Waals surface area contributed by atoms with Crippen LogP contribution in [0.4, 0.5) is 0 Å². The van der Waals surface area contributed by atoms with Crippen LogP contribution in [0, 0.1) is 13.8 Å². The molecule has 0 radical (unpaired) electrons. The van der Waals surface area contributed by atoms with Crippen molar-refractivity contribution in [3.8, 4) is 0 Å². The molecule has 0 saturated heterocycles. The molecule has 0 aliphatic carbocycles. The van der Waals surface area contributed by atoms with Gasteiger partial charge in [0.15, 0.2) is 0 Å². The molecule has 2 heteroatoms. The molecular formula is C10H15NO. The van der Waals surface area contributed by atoms with Gasteiger partial charge in [0, 0.05) is 18.8 Å². The first-order valence-corrected chi connectivity index (χ1v) is 4.33. The highest BCUT2D eigenvalue weighted by Gasteiger charge is 1.97. The molecule has 0 spiro atoms. The standard InChI is InChI=1S/C10H15NO/c1-4-5-11-7-9(3)8(2)6-10(11)12/h6-7H,4-5H2,1-3H3. The van der Waals surface area contributed by atoms with E-state index in [1.807, 2.05) is 20.0 Å². The third-order valence-electron chi connectivity index (χ3n) is 2.06. The normalized spacial score (nSPS) is 10.2. The van der Waals surface area contributed by atoms with Crippen molar-refractivity contribution in [1.29, 1.82) is 0 Å². The minimum absolute atomic E-state index is 0.111. The first-order valence-electron chi connectivity index (χ1n) is 4.33. The summed E-state index contributed by atoms with van der Waals surface area (Å²) in [5.74, 6) is 0. The summed E-state index contributed by atoms with van der Waals surface area (Å²) in [5, 5.41) is 0. The summed E-state index contributed by atoms with van der Waals surface area (Å²) in [6, 6.07) is 1.70. The fourth-order valence-electron chi connectivity index (χ4n) is 1.20. The molecule has 0 unspecified atom stereocenters. The van der Waals surface area contributed by atoms with Crippen LogP contribution in [0.3, 0.4) is 0 Å². The number of aromatic nitrogens is 1. The highest BCUT2D eigenvalue weighted by molar-refractivity contribution is 5.20. The van der Waals surface area contributed by atoms with Gasteiger partial charge in [-0.2, -0.15) is 0 Å². The zero-order chi connectivity index (χ0) is 9.14. The van der Waals surface area contributed by atoms with Crippen molar-refractivity contribution in [3.05, 3.63) is 33.7 Å². The molecule has 1 heterocycles. The molecule has 0 aromatic carbocycles. The van der Waals surface area contributed by atoms with Crippen molar-refractivity contribution in [3.63, 3.8) is 0 Å². The summed E-state index contributed by atoms with van der Waals surface area (Å²) in [4.78, 5) is 11.3. The fourth-order valence-corrected chi connectivity index (χ4v) is 1.20. The molecule has 2 nitrogen and oxygen atoms in total. The van der Waals surface area contributed by atoms with Gasteiger partial charge >= 0.3 is 0 Å². The van der Waals surface area contributed by atoms with E-state index in [0.29, 0.717) is 0 Å². The number of hydrogen-bond donors (Lipinski definition) is 0. The monoisotopic (exact) mass is 165 g/mol. The summed E-state index contributed by atoms with van der Waals surface area (Å²) in [7, 11) is 0. The van der Waals surface area contributed by atoms with E-state index in [-0.39, 0.29) is 5.56 Å². The second-order valence-corrected chi connectivity index (χ2v) is 3.17. The van der Waals surface area contributed by atoms with Crippen molar-refractivity contribution in [2.45, 2.75) is 33.7 Å². The van der Waals surface area contributed by atoms with Gasteiger partial charge in [0.25, 0.3) is 5.56 Å². The van der Waals surface area contributed by atoms with Crippen LogP contribution >= 0.6 is 0 Å². The van der Waals surface area contributed by atoms with E-state index in [1.165, 1.54) is 5.56 Å². The second-order valence-electron chi connectivity index (χ2n) is 3.17. The first-order chi connectivity index (χ1) is 5.65. The Morgan fingerprint density at radius 3 is 2.58 bits per heavy atom. The van der Waals surface area contributed by atoms with Crippen LogP contribution in [0.5, 0.6) is 0 Å². The van der Waals surface area contributed by atoms with Crippen molar-refractivity contribution < 1.29 is 0 Å². The van der Waals surface area contributed by atoms with E-state index in [4.69, 9.17) is 0 Å². The molecule has 0 aliphatic rings. The predicted molar refractivity (Wildman–Crippen MR) is 50.5 cm³/mol. The average molecular weight is 165 g/mol. The summed E-state index contributed by atoms with van der Waals surface area (Å²) >= 11 is 0. The van der Waals surface area contributed by atoms with Crippen LogP contribution in [0.15, 0.2) is 17.1 Å². The number of rotatable bonds is 2. The Kier molecular flexibility index (Phi) is 2.69. The Morgan fingerprint density at radius 1 is 1.33 bits per heavy atom. The van der Waals surface area contributed by atoms with E-state index >= 15 is 0 Å². The molecular weight excluding hydrogens is 150 g/mol. The summed E-state index contributed by atoms with van der Waals surface area (Å²) in [6.45, 7) is 6.88. The second kappa shape index (κ2) is 3.57. The Labute approximate surface area is 72.8 Å². The van der Waals surface area contributed by atoms with Gasteiger partial charge in [-0.25, -0.2) is 0 Å². The molecule has 0 amide bonds. The molecule has 0 N–H and O–H groups in total. The summed E-state index contributed by atoms with van der Waals surface area (Å²) in [5.41, 5.74) is 2.37. The molecule has 0 fully saturated rings. The van der Waals surface area contributed by atoms with Crippen LogP contribution in [-0.4, -0.2) is 4.57 Å². The topological polar surface area (TPSA) is 22.0 Å². The Hall–Kier alpha value is -1.05. The lowest BCUT2D eigenvalue weighted by molar-refractivity contribution is 0.650. The minimum Gasteiger partial charge on any atom is -0.315 e. The first kappa shape index (κ1) is 9.04. The largest absolute Gasteiger partial charge is 0.315 e. The van der Waals surface area contributed by atoms with Gasteiger partial charge in [-0.3, -0.25) is 4.79 Å². The van der Waals surface area contributed by atoms with Gasteiger partial charge in [-0.1, -0.05) is 6.92 Å². The molecule has 66 valence electrons. The van der Waals surface area contributed by atoms with Crippen molar-refractivity contribution in [2.24, 2.45) is 0 Å². The third kappa shape index (κ3) is 1.76. The maximum absolute atomic E-state index is 11.3. The van der Waals surface area contributed by atoms with Crippen LogP contribution in [-0.2, 0) is 6.54 Å². The highest BCUT2D eigenvalue weighted by Crippen LogP contribution is 2.01. The van der Waals surface area contributed by atoms with Gasteiger partial charge in [0.05, 0.1) is 0 Å². The van der Waals surface area contributed by atoms with Crippen LogP contribution in [0.1, 0.15) is 24.5 Å². The zero-order valence-electron chi connectivity index (χ0n) is 7.92. The smallest absolute Gasteiger partial charge is 0.250 e. The Morgan fingerprint density at radius 2 is 2.00 bits per heavy atom. The molecule has 1 rings (SSSR count). The van der Waals surface area contributed by atoms with E-state index in [9.17, 15) is 4.79 Å². The lowest BCUT2D eigenvalue weighted by atomic mass is 10.2. The van der Waals surface area contributed by atoms with Gasteiger partial charge in [0.2, 0.25) is 0 Å². The molecule has 0 saturated carbocycles. The van der Waals surface area contributed by atoms with Crippen LogP contribution < -0.4 is 5.56 Å². The van der Waals surface area contributed by atoms with E-state index in [2.05, 4.69) is 6.92 Å². The third-order valence-corrected chi connectivity index (χ3v) is 2.06. The van der Waals surface area contributed by atoms with Gasteiger partial charge in [0.1, 0.15) is 0 Å². The number of pyridine rings is 1. The van der Waals surface area contributed by atoms with Crippen LogP contribution in [0.25, 0.3) is 0 Å². The molecule has 0 bridgehead atoms. The number of hydrogen-bond acceptors (Lipinski definition) is 1. The van der Waals surface area contributed by atoms with E-state index in [0.717, 1.165) is 18.5 Å².